The van der Waals surface area contributed by atoms with Gasteiger partial charge < -0.3 is 4.74 Å². The third kappa shape index (κ3) is 3.41. The number of hydrogen-bond donors (Lipinski definition) is 0. The molecule has 0 saturated carbocycles. The van der Waals surface area contributed by atoms with E-state index in [2.05, 4.69) is 4.74 Å². The quantitative estimate of drug-likeness (QED) is 0.737. The van der Waals surface area contributed by atoms with Gasteiger partial charge in [0.2, 0.25) is 5.76 Å². The summed E-state index contributed by atoms with van der Waals surface area (Å²) in [7, 11) is 1.01. The van der Waals surface area contributed by atoms with Crippen LogP contribution in [0.4, 0.5) is 26.3 Å². The topological polar surface area (TPSA) is 32.8 Å². The van der Waals surface area contributed by atoms with Crippen molar-refractivity contribution in [2.45, 2.75) is 12.4 Å². The van der Waals surface area contributed by atoms with Crippen LogP contribution >= 0.6 is 0 Å². The largest absolute Gasteiger partial charge is 0.473 e. The van der Waals surface area contributed by atoms with Gasteiger partial charge in [-0.2, -0.15) is 31.4 Å². The van der Waals surface area contributed by atoms with Crippen LogP contribution in [-0.2, 0) is 9.53 Å². The Morgan fingerprint density at radius 2 is 1.65 bits per heavy atom. The predicted molar refractivity (Wildman–Crippen MR) is 66.0 cm³/mol. The molecule has 2 rings (SSSR count). The number of carbonyl (C=O) groups excluding carboxylic acids is 1. The number of carbonyl (C=O) groups is 1. The minimum atomic E-state index is -5.34. The third-order valence-corrected chi connectivity index (χ3v) is 2.90. The molecule has 23 heavy (non-hydrogen) atoms. The fourth-order valence-electron chi connectivity index (χ4n) is 1.99. The van der Waals surface area contributed by atoms with Crippen LogP contribution in [0, 0.1) is 0 Å². The number of halogens is 6. The van der Waals surface area contributed by atoms with Crippen LogP contribution in [0.3, 0.4) is 0 Å². The first-order valence-electron chi connectivity index (χ1n) is 6.15. The van der Waals surface area contributed by atoms with Gasteiger partial charge in [0, 0.05) is 12.6 Å². The molecular formula is C13H10F6N2O2. The predicted octanol–water partition coefficient (Wildman–Crippen LogP) is 3.14. The van der Waals surface area contributed by atoms with E-state index >= 15 is 0 Å². The molecule has 0 N–H and O–H groups in total. The van der Waals surface area contributed by atoms with Gasteiger partial charge in [0.25, 0.3) is 0 Å². The molecule has 0 fully saturated rings. The molecule has 0 radical (unpaired) electrons. The van der Waals surface area contributed by atoms with Gasteiger partial charge in [0.15, 0.2) is 6.73 Å². The van der Waals surface area contributed by atoms with Crippen molar-refractivity contribution in [1.29, 1.82) is 0 Å². The molecule has 10 heteroatoms. The van der Waals surface area contributed by atoms with Crippen LogP contribution < -0.4 is 0 Å². The first-order chi connectivity index (χ1) is 10.5. The summed E-state index contributed by atoms with van der Waals surface area (Å²) >= 11 is 0. The number of rotatable bonds is 1. The van der Waals surface area contributed by atoms with E-state index in [0.717, 1.165) is 19.2 Å². The van der Waals surface area contributed by atoms with E-state index in [0.29, 0.717) is 5.01 Å². The highest BCUT2D eigenvalue weighted by Crippen LogP contribution is 2.39. The lowest BCUT2D eigenvalue weighted by Crippen LogP contribution is -2.53. The normalized spacial score (nSPS) is 17.3. The van der Waals surface area contributed by atoms with E-state index in [4.69, 9.17) is 0 Å². The lowest BCUT2D eigenvalue weighted by molar-refractivity contribution is -0.206. The van der Waals surface area contributed by atoms with Crippen molar-refractivity contribution in [2.75, 3.05) is 13.8 Å². The Morgan fingerprint density at radius 3 is 2.13 bits per heavy atom. The summed E-state index contributed by atoms with van der Waals surface area (Å²) in [6.45, 7) is -0.854. The monoisotopic (exact) mass is 340 g/mol. The van der Waals surface area contributed by atoms with Crippen molar-refractivity contribution in [1.82, 2.24) is 10.0 Å². The number of amides is 1. The molecule has 1 heterocycles. The van der Waals surface area contributed by atoms with Gasteiger partial charge in [-0.05, 0) is 0 Å². The lowest BCUT2D eigenvalue weighted by Gasteiger charge is -2.39. The standard InChI is InChI=1S/C13H10F6N2O2/c1-20-7-23-10(12(14,15)16)9(8-5-3-2-4-6-8)21(20)11(22)13(17,18)19/h2-6H,7H2,1H3. The number of hydrazine groups is 1. The summed E-state index contributed by atoms with van der Waals surface area (Å²) in [6, 6.07) is 6.45. The zero-order valence-corrected chi connectivity index (χ0v) is 11.6. The molecule has 1 aromatic carbocycles. The average molecular weight is 340 g/mol. The third-order valence-electron chi connectivity index (χ3n) is 2.90. The molecule has 0 saturated heterocycles. The summed E-state index contributed by atoms with van der Waals surface area (Å²) < 4.78 is 82.2. The maximum Gasteiger partial charge on any atom is 0.473 e. The van der Waals surface area contributed by atoms with Crippen molar-refractivity contribution in [2.24, 2.45) is 0 Å². The Labute approximate surface area is 126 Å². The van der Waals surface area contributed by atoms with Crippen LogP contribution in [0.1, 0.15) is 5.56 Å². The van der Waals surface area contributed by atoms with Crippen molar-refractivity contribution in [3.8, 4) is 0 Å². The maximum atomic E-state index is 13.1. The molecule has 0 unspecified atom stereocenters. The van der Waals surface area contributed by atoms with E-state index in [9.17, 15) is 31.1 Å². The fourth-order valence-corrected chi connectivity index (χ4v) is 1.99. The zero-order chi connectivity index (χ0) is 17.4. The van der Waals surface area contributed by atoms with E-state index in [-0.39, 0.29) is 10.6 Å². The minimum Gasteiger partial charge on any atom is -0.470 e. The van der Waals surface area contributed by atoms with Gasteiger partial charge >= 0.3 is 18.3 Å². The fraction of sp³-hybridized carbons (Fsp3) is 0.308. The van der Waals surface area contributed by atoms with Gasteiger partial charge in [0.1, 0.15) is 5.70 Å². The van der Waals surface area contributed by atoms with Crippen LogP contribution in [-0.4, -0.2) is 42.1 Å². The summed E-state index contributed by atoms with van der Waals surface area (Å²) in [5, 5.41) is 0.551. The molecule has 1 aromatic rings. The molecule has 1 aliphatic rings. The van der Waals surface area contributed by atoms with Crippen molar-refractivity contribution < 1.29 is 35.9 Å². The summed E-state index contributed by atoms with van der Waals surface area (Å²) in [5.74, 6) is -4.09. The lowest BCUT2D eigenvalue weighted by atomic mass is 10.1. The van der Waals surface area contributed by atoms with E-state index in [1.165, 1.54) is 18.2 Å². The zero-order valence-electron chi connectivity index (χ0n) is 11.6. The van der Waals surface area contributed by atoms with Crippen LogP contribution in [0.2, 0.25) is 0 Å². The molecule has 1 aliphatic heterocycles. The molecule has 4 nitrogen and oxygen atoms in total. The SMILES string of the molecule is CN1COC(C(F)(F)F)=C(c2ccccc2)N1C(=O)C(F)(F)F. The molecule has 0 spiro atoms. The summed E-state index contributed by atoms with van der Waals surface area (Å²) in [4.78, 5) is 11.6. The van der Waals surface area contributed by atoms with Gasteiger partial charge in [-0.3, -0.25) is 4.79 Å². The first kappa shape index (κ1) is 17.1. The average Bonchev–Trinajstić information content (AvgIpc) is 2.45. The molecular weight excluding hydrogens is 330 g/mol. The Morgan fingerprint density at radius 1 is 1.09 bits per heavy atom. The van der Waals surface area contributed by atoms with Crippen LogP contribution in [0.15, 0.2) is 36.1 Å². The molecule has 0 bridgehead atoms. The second-order valence-electron chi connectivity index (χ2n) is 4.59. The molecule has 0 atom stereocenters. The number of hydrogen-bond acceptors (Lipinski definition) is 3. The van der Waals surface area contributed by atoms with Crippen LogP contribution in [0.25, 0.3) is 5.70 Å². The molecule has 126 valence electrons. The van der Waals surface area contributed by atoms with Crippen LogP contribution in [0.5, 0.6) is 0 Å². The highest BCUT2D eigenvalue weighted by Gasteiger charge is 2.51. The second-order valence-corrected chi connectivity index (χ2v) is 4.59. The molecule has 0 aromatic heterocycles. The van der Waals surface area contributed by atoms with E-state index in [1.807, 2.05) is 0 Å². The minimum absolute atomic E-state index is 0.0678. The highest BCUT2D eigenvalue weighted by atomic mass is 19.4. The smallest absolute Gasteiger partial charge is 0.470 e. The highest BCUT2D eigenvalue weighted by molar-refractivity contribution is 5.91. The Hall–Kier alpha value is -2.23. The number of ether oxygens (including phenoxy) is 1. The van der Waals surface area contributed by atoms with Gasteiger partial charge in [-0.15, -0.1) is 0 Å². The number of alkyl halides is 6. The second kappa shape index (κ2) is 5.76. The van der Waals surface area contributed by atoms with Gasteiger partial charge in [-0.1, -0.05) is 30.3 Å². The Kier molecular flexibility index (Phi) is 4.29. The Balaban J connectivity index is 2.68. The van der Waals surface area contributed by atoms with Gasteiger partial charge in [-0.25, -0.2) is 5.01 Å². The summed E-state index contributed by atoms with van der Waals surface area (Å²) in [6.07, 6.45) is -10.4. The van der Waals surface area contributed by atoms with E-state index in [1.54, 1.807) is 0 Å². The number of nitrogens with zero attached hydrogens (tertiary/aromatic N) is 2. The van der Waals surface area contributed by atoms with Crippen molar-refractivity contribution in [3.05, 3.63) is 41.7 Å². The first-order valence-corrected chi connectivity index (χ1v) is 6.15. The van der Waals surface area contributed by atoms with Crippen molar-refractivity contribution in [3.63, 3.8) is 0 Å². The summed E-state index contributed by atoms with van der Waals surface area (Å²) in [5.41, 5.74) is -1.24. The molecule has 1 amide bonds. The number of benzene rings is 1. The molecule has 0 aliphatic carbocycles. The maximum absolute atomic E-state index is 13.1. The van der Waals surface area contributed by atoms with E-state index < -0.39 is 36.4 Å². The Bertz CT molecular complexity index is 624. The van der Waals surface area contributed by atoms with Crippen molar-refractivity contribution >= 4 is 11.6 Å². The van der Waals surface area contributed by atoms with Gasteiger partial charge in [0.05, 0.1) is 0 Å². The number of allylic oxidation sites excluding steroid dienone is 1.